The van der Waals surface area contributed by atoms with Crippen LogP contribution in [0.1, 0.15) is 62.1 Å². The fraction of sp³-hybridized carbons (Fsp3) is 0.0380. The Labute approximate surface area is 791 Å². The molecule has 0 aliphatic rings. The molecule has 0 unspecified atom stereocenters. The van der Waals surface area contributed by atoms with E-state index in [0.717, 1.165) is 63.1 Å². The first kappa shape index (κ1) is 100. The van der Waals surface area contributed by atoms with Crippen molar-refractivity contribution in [1.82, 2.24) is 64.3 Å². The summed E-state index contributed by atoms with van der Waals surface area (Å²) in [4.78, 5) is 109. The monoisotopic (exact) mass is 2040 g/mol. The molecule has 16 rings (SSSR count). The lowest BCUT2D eigenvalue weighted by Crippen LogP contribution is -2.34. The Kier molecular flexibility index (Phi) is 40.2. The fourth-order valence-electron chi connectivity index (χ4n) is 9.60. The second kappa shape index (κ2) is 49.7. The van der Waals surface area contributed by atoms with Crippen LogP contribution in [-0.4, -0.2) is 134 Å². The molecule has 0 spiro atoms. The first-order chi connectivity index (χ1) is 58.9. The first-order valence-corrected chi connectivity index (χ1v) is 42.4. The molecule has 3 amide bonds. The molecular formula is C79H59BrCl10N20O8S6. The van der Waals surface area contributed by atoms with Gasteiger partial charge in [0.1, 0.15) is 36.4 Å². The number of aromatic nitrogens is 11. The number of hydrogen-bond acceptors (Lipinski definition) is 24. The molecular weight excluding hydrogens is 1980 g/mol. The zero-order valence-corrected chi connectivity index (χ0v) is 77.3. The van der Waals surface area contributed by atoms with E-state index in [2.05, 4.69) is 117 Å². The van der Waals surface area contributed by atoms with Gasteiger partial charge in [-0.1, -0.05) is 227 Å². The Balaban J connectivity index is 0.000000198. The molecule has 5 aromatic carbocycles. The van der Waals surface area contributed by atoms with Gasteiger partial charge >= 0.3 is 11.9 Å². The van der Waals surface area contributed by atoms with Gasteiger partial charge in [0.15, 0.2) is 31.1 Å². The molecule has 0 saturated heterocycles. The number of nitrogens with two attached hydrogens (primary N) is 4. The zero-order chi connectivity index (χ0) is 89.6. The number of nitrogen functional groups attached to an aromatic ring is 2. The third-order valence-corrected chi connectivity index (χ3v) is 21.2. The number of rotatable bonds is 11. The number of nitrogens with zero attached hydrogens (tertiary/aromatic N) is 12. The molecule has 0 saturated carbocycles. The average molecular weight is 2040 g/mol. The van der Waals surface area contributed by atoms with Crippen molar-refractivity contribution in [3.63, 3.8) is 0 Å². The summed E-state index contributed by atoms with van der Waals surface area (Å²) in [5, 5.41) is 34.8. The molecule has 14 N–H and O–H groups in total. The number of ketones is 1. The standard InChI is InChI=1S/C16H11ClN4OS.C15H8ClN3O2S.C13H9Cl2N3OS.C9H7BrO3.C8H5NOS.C6H5Cl2N3S.C6H4ClN3S.C5H4Cl2N2.CH5N.ClH/c1-18-15(22)10-4-2-9(3-5-10)11-8-21-12-7-19-14(17)6-13(12)23-16(21)20-11;16-13-5-12-11(6-17-13)19-7-10(18-15(19)22-12)8-1-3-9(4-2-8)14(20)21;14-9-6-11(15)16-7-10(9)17-13(20)18-12(19)8-4-2-1-3-5-8;10-5-8(11)6-1-3-7(4-2-6)9(12)13;10-8(9-6-11)7-4-2-1-3-5-7;7-3-1-5(8)10-2-4(3)11-6(9)12;7-5-1-4-3(2-9-5)10-6(8)11-4;6-3-1-5(7)9-2-4(3)8;1-2;/h2-8H,1H3,(H,18,22);1-7H,(H,20,21);1-7H,(H2,17,18,19,20);1-4H,5H2,(H,12,13);1-5H;1-2H,(H3,9,11,12);1-2H,(H2,8,10);1-2H,8H2;2H2,1H3;1H. The molecule has 0 atom stereocenters. The number of benzene rings is 5. The van der Waals surface area contributed by atoms with Crippen LogP contribution in [0.25, 0.3) is 63.1 Å². The number of carbonyl (C=O) groups is 6. The normalized spacial score (nSPS) is 10.0. The van der Waals surface area contributed by atoms with Crippen molar-refractivity contribution < 1.29 is 39.0 Å². The average Bonchev–Trinajstić information content (AvgIpc) is 1.62. The highest BCUT2D eigenvalue weighted by molar-refractivity contribution is 9.09. The van der Waals surface area contributed by atoms with Gasteiger partial charge in [0.05, 0.1) is 127 Å². The van der Waals surface area contributed by atoms with Gasteiger partial charge in [-0.05, 0) is 141 Å². The molecule has 124 heavy (non-hydrogen) atoms. The number of thiazole rings is 3. The summed E-state index contributed by atoms with van der Waals surface area (Å²) in [7, 11) is 3.12. The molecule has 0 radical (unpaired) electrons. The van der Waals surface area contributed by atoms with E-state index in [1.54, 1.807) is 128 Å². The van der Waals surface area contributed by atoms with Crippen molar-refractivity contribution >= 4 is 317 Å². The number of thiocarbonyl (C=S) groups is 3. The van der Waals surface area contributed by atoms with Crippen LogP contribution in [0.4, 0.5) is 22.2 Å². The predicted octanol–water partition coefficient (Wildman–Crippen LogP) is 20.9. The maximum Gasteiger partial charge on any atom is 0.335 e. The van der Waals surface area contributed by atoms with E-state index in [-0.39, 0.29) is 67.7 Å². The summed E-state index contributed by atoms with van der Waals surface area (Å²) >= 11 is 73.0. The summed E-state index contributed by atoms with van der Waals surface area (Å²) in [6.45, 7) is 0. The molecule has 636 valence electrons. The predicted molar refractivity (Wildman–Crippen MR) is 517 cm³/mol. The van der Waals surface area contributed by atoms with Crippen LogP contribution in [0.2, 0.25) is 46.0 Å². The molecule has 0 aliphatic carbocycles. The third-order valence-electron chi connectivity index (χ3n) is 15.3. The largest absolute Gasteiger partial charge is 0.478 e. The summed E-state index contributed by atoms with van der Waals surface area (Å²) in [6.07, 6.45) is 13.3. The minimum atomic E-state index is -0.988. The maximum absolute atomic E-state index is 11.9. The summed E-state index contributed by atoms with van der Waals surface area (Å²) in [5.41, 5.74) is 30.9. The highest BCUT2D eigenvalue weighted by Crippen LogP contribution is 2.34. The summed E-state index contributed by atoms with van der Waals surface area (Å²) in [6, 6.07) is 47.3. The highest BCUT2D eigenvalue weighted by atomic mass is 79.9. The molecule has 11 heterocycles. The quantitative estimate of drug-likeness (QED) is 0.0189. The van der Waals surface area contributed by atoms with Gasteiger partial charge in [-0.3, -0.25) is 33.3 Å². The Morgan fingerprint density at radius 1 is 0.492 bits per heavy atom. The number of anilines is 4. The summed E-state index contributed by atoms with van der Waals surface area (Å²) < 4.78 is 7.02. The van der Waals surface area contributed by atoms with Gasteiger partial charge in [-0.25, -0.2) is 54.4 Å². The fourth-order valence-corrected chi connectivity index (χ4v) is 15.0. The number of carbonyl (C=O) groups excluding carboxylic acids is 4. The number of halogens is 11. The van der Waals surface area contributed by atoms with Crippen molar-refractivity contribution in [3.8, 4) is 22.5 Å². The van der Waals surface area contributed by atoms with Gasteiger partial charge in [0.25, 0.3) is 17.7 Å². The highest BCUT2D eigenvalue weighted by Gasteiger charge is 2.17. The number of aliphatic imine (C=N–C) groups is 1. The maximum atomic E-state index is 11.9. The number of fused-ring (bicyclic) bond motifs is 7. The van der Waals surface area contributed by atoms with E-state index in [0.29, 0.717) is 85.3 Å². The molecule has 0 bridgehead atoms. The lowest BCUT2D eigenvalue weighted by atomic mass is 10.1. The first-order valence-electron chi connectivity index (χ1n) is 34.2. The number of nitrogens with one attached hydrogen (secondary N) is 4. The van der Waals surface area contributed by atoms with Crippen LogP contribution in [0.3, 0.4) is 0 Å². The number of imidazole rings is 2. The molecule has 16 aromatic rings. The summed E-state index contributed by atoms with van der Waals surface area (Å²) in [5.74, 6) is -2.74. The number of alkyl halides is 1. The van der Waals surface area contributed by atoms with Crippen LogP contribution >= 0.6 is 203 Å². The minimum Gasteiger partial charge on any atom is -0.478 e. The second-order valence-electron chi connectivity index (χ2n) is 23.4. The lowest BCUT2D eigenvalue weighted by molar-refractivity contribution is 0.0686. The van der Waals surface area contributed by atoms with Gasteiger partial charge in [-0.2, -0.15) is 4.99 Å². The SMILES string of the molecule is CN.CNC(=O)c1ccc(-c2cn3c(n2)sc2cc(Cl)ncc23)cc1.Cl.NC(=S)Nc1cnc(Cl)cc1Cl.Nc1cnc(Cl)cc1Cl.Nc1nc2cnc(Cl)cc2s1.O=C(N=C=S)c1ccccc1.O=C(NC(=S)Nc1cnc(Cl)cc1Cl)c1ccccc1.O=C(O)c1ccc(-c2cn3c(n2)sc2cc(Cl)ncc23)cc1.O=C(O)c1ccc(C(=O)CBr)cc1. The zero-order valence-electron chi connectivity index (χ0n) is 63.1. The van der Waals surface area contributed by atoms with E-state index in [1.807, 2.05) is 62.8 Å². The van der Waals surface area contributed by atoms with E-state index < -0.39 is 11.9 Å². The van der Waals surface area contributed by atoms with Crippen molar-refractivity contribution in [1.29, 1.82) is 0 Å². The molecule has 11 aromatic heterocycles. The number of aromatic carboxylic acids is 2. The Morgan fingerprint density at radius 3 is 1.31 bits per heavy atom. The van der Waals surface area contributed by atoms with Crippen molar-refractivity contribution in [2.24, 2.45) is 16.5 Å². The number of hydrogen-bond donors (Lipinski definition) is 10. The minimum absolute atomic E-state index is 0. The number of carboxylic acid groups (broad SMARTS) is 2. The Hall–Kier alpha value is -10.7. The van der Waals surface area contributed by atoms with Gasteiger partial charge in [0, 0.05) is 52.8 Å². The molecule has 0 aliphatic heterocycles. The van der Waals surface area contributed by atoms with Crippen LogP contribution in [0.5, 0.6) is 0 Å². The van der Waals surface area contributed by atoms with Crippen molar-refractivity contribution in [2.45, 2.75) is 0 Å². The lowest BCUT2D eigenvalue weighted by Gasteiger charge is -2.10. The molecule has 45 heteroatoms. The number of Topliss-reactive ketones (excluding diaryl/α,β-unsaturated/α-hetero) is 1. The van der Waals surface area contributed by atoms with Crippen LogP contribution < -0.4 is 44.2 Å². The Morgan fingerprint density at radius 2 is 0.887 bits per heavy atom. The van der Waals surface area contributed by atoms with Gasteiger partial charge < -0.3 is 49.1 Å². The third kappa shape index (κ3) is 30.0. The second-order valence-corrected chi connectivity index (χ2v) is 31.6. The smallest absolute Gasteiger partial charge is 0.335 e. The van der Waals surface area contributed by atoms with Crippen molar-refractivity contribution in [2.75, 3.05) is 41.5 Å². The number of carboxylic acids is 2. The topological polar surface area (TPSA) is 432 Å². The van der Waals surface area contributed by atoms with E-state index in [1.165, 1.54) is 90.8 Å². The molecule has 28 nitrogen and oxygen atoms in total. The van der Waals surface area contributed by atoms with Gasteiger partial charge in [0.2, 0.25) is 0 Å². The van der Waals surface area contributed by atoms with E-state index in [9.17, 15) is 28.8 Å². The van der Waals surface area contributed by atoms with Gasteiger partial charge in [-0.15, -0.1) is 12.4 Å². The van der Waals surface area contributed by atoms with E-state index in [4.69, 9.17) is 144 Å². The van der Waals surface area contributed by atoms with Crippen LogP contribution in [0.15, 0.2) is 224 Å². The number of amides is 3. The van der Waals surface area contributed by atoms with Crippen molar-refractivity contribution in [3.05, 3.63) is 299 Å². The van der Waals surface area contributed by atoms with Crippen LogP contribution in [0, 0.1) is 0 Å². The Bertz CT molecular complexity index is 6530. The number of pyridine rings is 6. The van der Waals surface area contributed by atoms with Crippen LogP contribution in [-0.2, 0) is 0 Å². The van der Waals surface area contributed by atoms with E-state index >= 15 is 0 Å². The number of isothiocyanates is 1. The molecule has 0 fully saturated rings.